The fraction of sp³-hybridized carbons (Fsp3) is 1.00. The summed E-state index contributed by atoms with van der Waals surface area (Å²) in [5.41, 5.74) is 0. The first-order chi connectivity index (χ1) is 4.15. The summed E-state index contributed by atoms with van der Waals surface area (Å²) in [5.74, 6) is 0. The van der Waals surface area contributed by atoms with Crippen LogP contribution < -0.4 is 0 Å². The molecule has 2 heteroatoms. The van der Waals surface area contributed by atoms with Crippen LogP contribution in [0.3, 0.4) is 0 Å². The molecule has 0 aliphatic carbocycles. The van der Waals surface area contributed by atoms with Gasteiger partial charge in [-0.25, -0.2) is 0 Å². The Morgan fingerprint density at radius 1 is 1.00 bits per heavy atom. The molecule has 0 radical (unpaired) electrons. The number of hydrogen-bond donors (Lipinski definition) is 0. The van der Waals surface area contributed by atoms with Crippen LogP contribution in [0.1, 0.15) is 13.8 Å². The standard InChI is InChI=1S/C4H10O.3CH3.Tl/c1-3-5-4-2;;;;/h3-4H2,1-2H3;3*1H3;. The molecule has 0 aliphatic heterocycles. The van der Waals surface area contributed by atoms with Crippen molar-refractivity contribution in [3.8, 4) is 0 Å². The van der Waals surface area contributed by atoms with Gasteiger partial charge in [0.15, 0.2) is 0 Å². The van der Waals surface area contributed by atoms with Gasteiger partial charge in [-0.05, 0) is 13.8 Å². The van der Waals surface area contributed by atoms with E-state index in [4.69, 9.17) is 4.74 Å². The number of rotatable bonds is 2. The van der Waals surface area contributed by atoms with E-state index in [1.807, 2.05) is 13.8 Å². The molecule has 0 fully saturated rings. The average molecular weight is 324 g/mol. The van der Waals surface area contributed by atoms with Gasteiger partial charge in [-0.1, -0.05) is 0 Å². The Balaban J connectivity index is 0. The van der Waals surface area contributed by atoms with Gasteiger partial charge in [0.25, 0.3) is 0 Å². The van der Waals surface area contributed by atoms with Crippen molar-refractivity contribution < 1.29 is 4.74 Å². The molecule has 56 valence electrons. The zero-order chi connectivity index (χ0) is 7.70. The summed E-state index contributed by atoms with van der Waals surface area (Å²) < 4.78 is 12.0. The molecular formula is C7H19OTl. The average Bonchev–Trinajstić information content (AvgIpc) is 1.66. The predicted molar refractivity (Wildman–Crippen MR) is 45.5 cm³/mol. The minimum absolute atomic E-state index is 0.722. The summed E-state index contributed by atoms with van der Waals surface area (Å²) >= 11 is -0.722. The first-order valence-electron chi connectivity index (χ1n) is 3.72. The van der Waals surface area contributed by atoms with E-state index < -0.39 is 22.7 Å². The summed E-state index contributed by atoms with van der Waals surface area (Å²) in [5, 5.41) is 0. The van der Waals surface area contributed by atoms with Crippen LogP contribution in [0.25, 0.3) is 0 Å². The molecule has 0 spiro atoms. The molecule has 0 unspecified atom stereocenters. The Bertz CT molecular complexity index is 33.1. The zero-order valence-corrected chi connectivity index (χ0v) is 11.9. The van der Waals surface area contributed by atoms with Crippen molar-refractivity contribution >= 4 is 22.7 Å². The molecule has 0 aromatic carbocycles. The van der Waals surface area contributed by atoms with E-state index >= 15 is 0 Å². The van der Waals surface area contributed by atoms with Crippen molar-refractivity contribution in [2.24, 2.45) is 0 Å². The van der Waals surface area contributed by atoms with E-state index in [-0.39, 0.29) is 0 Å². The third kappa shape index (κ3) is 50.6. The van der Waals surface area contributed by atoms with E-state index in [1.54, 1.807) is 0 Å². The summed E-state index contributed by atoms with van der Waals surface area (Å²) in [6.07, 6.45) is 0. The first-order valence-corrected chi connectivity index (χ1v) is 17.2. The van der Waals surface area contributed by atoms with E-state index in [0.717, 1.165) is 13.2 Å². The Hall–Kier alpha value is 0.882. The fourth-order valence-corrected chi connectivity index (χ4v) is 0.204. The van der Waals surface area contributed by atoms with E-state index in [0.29, 0.717) is 0 Å². The van der Waals surface area contributed by atoms with Gasteiger partial charge < -0.3 is 4.74 Å². The number of ether oxygens (including phenoxy) is 1. The minimum atomic E-state index is -0.722. The van der Waals surface area contributed by atoms with Crippen LogP contribution in [0, 0.1) is 0 Å². The molecule has 0 saturated carbocycles. The molecule has 0 aromatic rings. The van der Waals surface area contributed by atoms with Crippen LogP contribution in [0.15, 0.2) is 0 Å². The second kappa shape index (κ2) is 11.7. The van der Waals surface area contributed by atoms with Crippen LogP contribution in [0.5, 0.6) is 0 Å². The van der Waals surface area contributed by atoms with Gasteiger partial charge in [0.2, 0.25) is 0 Å². The maximum atomic E-state index is 4.83. The fourth-order valence-electron chi connectivity index (χ4n) is 0.204. The van der Waals surface area contributed by atoms with Crippen molar-refractivity contribution in [1.29, 1.82) is 0 Å². The SMILES string of the molecule is CCOCC.[CH3][Tl]([CH3])[CH3]. The molecule has 0 rings (SSSR count). The Morgan fingerprint density at radius 2 is 1.22 bits per heavy atom. The molecule has 0 saturated heterocycles. The summed E-state index contributed by atoms with van der Waals surface area (Å²) in [6, 6.07) is 0. The molecule has 9 heavy (non-hydrogen) atoms. The molecular weight excluding hydrogens is 304 g/mol. The molecule has 0 atom stereocenters. The second-order valence-corrected chi connectivity index (χ2v) is 16.0. The van der Waals surface area contributed by atoms with Crippen molar-refractivity contribution in [2.45, 2.75) is 27.3 Å². The molecule has 0 N–H and O–H groups in total. The Kier molecular flexibility index (Phi) is 16.2. The predicted octanol–water partition coefficient (Wildman–Crippen LogP) is 2.41. The van der Waals surface area contributed by atoms with E-state index in [2.05, 4.69) is 13.4 Å². The Labute approximate surface area is 67.9 Å². The van der Waals surface area contributed by atoms with Gasteiger partial charge in [-0.3, -0.25) is 0 Å². The summed E-state index contributed by atoms with van der Waals surface area (Å²) in [6.45, 7) is 5.67. The van der Waals surface area contributed by atoms with Crippen LogP contribution in [0.4, 0.5) is 0 Å². The molecule has 0 amide bonds. The second-order valence-electron chi connectivity index (χ2n) is 2.51. The first kappa shape index (κ1) is 12.5. The molecule has 0 aliphatic rings. The maximum absolute atomic E-state index is 4.83. The molecule has 0 heterocycles. The zero-order valence-electron chi connectivity index (χ0n) is 7.40. The third-order valence-electron chi connectivity index (χ3n) is 0.408. The van der Waals surface area contributed by atoms with Gasteiger partial charge in [0.05, 0.1) is 0 Å². The van der Waals surface area contributed by atoms with Crippen LogP contribution >= 0.6 is 0 Å². The Morgan fingerprint density at radius 3 is 1.22 bits per heavy atom. The summed E-state index contributed by atoms with van der Waals surface area (Å²) in [7, 11) is 0. The van der Waals surface area contributed by atoms with Gasteiger partial charge in [-0.15, -0.1) is 0 Å². The van der Waals surface area contributed by atoms with Gasteiger partial charge in [-0.2, -0.15) is 0 Å². The molecule has 1 nitrogen and oxygen atoms in total. The van der Waals surface area contributed by atoms with Crippen LogP contribution in [-0.4, -0.2) is 35.9 Å². The van der Waals surface area contributed by atoms with E-state index in [1.165, 1.54) is 0 Å². The van der Waals surface area contributed by atoms with Crippen molar-refractivity contribution in [2.75, 3.05) is 13.2 Å². The van der Waals surface area contributed by atoms with Crippen LogP contribution in [-0.2, 0) is 4.74 Å². The normalized spacial score (nSPS) is 7.67. The van der Waals surface area contributed by atoms with Crippen molar-refractivity contribution in [3.05, 3.63) is 0 Å². The van der Waals surface area contributed by atoms with E-state index in [9.17, 15) is 0 Å². The van der Waals surface area contributed by atoms with Crippen molar-refractivity contribution in [1.82, 2.24) is 0 Å². The van der Waals surface area contributed by atoms with Crippen LogP contribution in [0.2, 0.25) is 13.4 Å². The summed E-state index contributed by atoms with van der Waals surface area (Å²) in [4.78, 5) is 0. The van der Waals surface area contributed by atoms with Crippen molar-refractivity contribution in [3.63, 3.8) is 0 Å². The van der Waals surface area contributed by atoms with Gasteiger partial charge in [0.1, 0.15) is 0 Å². The topological polar surface area (TPSA) is 9.23 Å². The molecule has 0 aromatic heterocycles. The van der Waals surface area contributed by atoms with Gasteiger partial charge >= 0.3 is 36.2 Å². The quantitative estimate of drug-likeness (QED) is 0.709. The van der Waals surface area contributed by atoms with Gasteiger partial charge in [0, 0.05) is 13.2 Å². The monoisotopic (exact) mass is 324 g/mol. The number of hydrogen-bond acceptors (Lipinski definition) is 1. The molecule has 0 bridgehead atoms. The third-order valence-corrected chi connectivity index (χ3v) is 0.408.